The van der Waals surface area contributed by atoms with Crippen LogP contribution < -0.4 is 0 Å². The van der Waals surface area contributed by atoms with Gasteiger partial charge in [0.05, 0.1) is 28.9 Å². The lowest BCUT2D eigenvalue weighted by Crippen LogP contribution is -2.39. The maximum Gasteiger partial charge on any atom is 0.416 e. The van der Waals surface area contributed by atoms with Gasteiger partial charge in [-0.05, 0) is 31.0 Å². The van der Waals surface area contributed by atoms with Gasteiger partial charge in [0.2, 0.25) is 10.0 Å². The van der Waals surface area contributed by atoms with Crippen molar-refractivity contribution in [3.8, 4) is 0 Å². The van der Waals surface area contributed by atoms with E-state index >= 15 is 0 Å². The number of rotatable bonds is 3. The molecule has 6 nitrogen and oxygen atoms in total. The second-order valence-corrected chi connectivity index (χ2v) is 7.45. The van der Waals surface area contributed by atoms with Gasteiger partial charge in [-0.25, -0.2) is 8.42 Å². The van der Waals surface area contributed by atoms with Crippen LogP contribution in [-0.4, -0.2) is 40.8 Å². The first-order valence-corrected chi connectivity index (χ1v) is 8.76. The number of hydrogen-bond acceptors (Lipinski definition) is 4. The molecule has 3 rings (SSSR count). The van der Waals surface area contributed by atoms with Gasteiger partial charge in [-0.3, -0.25) is 0 Å². The summed E-state index contributed by atoms with van der Waals surface area (Å²) in [4.78, 5) is 1.20. The highest BCUT2D eigenvalue weighted by Gasteiger charge is 2.34. The molecular formula is C14H15F3N4O2S. The molecule has 0 atom stereocenters. The lowest BCUT2D eigenvalue weighted by atomic mass is 10.1. The average molecular weight is 360 g/mol. The zero-order chi connectivity index (χ0) is 17.4. The third-order valence-corrected chi connectivity index (χ3v) is 5.88. The highest BCUT2D eigenvalue weighted by Crippen LogP contribution is 2.32. The van der Waals surface area contributed by atoms with Crippen molar-refractivity contribution in [2.45, 2.75) is 30.0 Å². The Morgan fingerprint density at radius 1 is 1.08 bits per heavy atom. The Bertz CT molecular complexity index is 798. The normalized spacial score (nSPS) is 18.0. The van der Waals surface area contributed by atoms with E-state index in [4.69, 9.17) is 0 Å². The van der Waals surface area contributed by atoms with Crippen molar-refractivity contribution in [1.82, 2.24) is 19.3 Å². The second-order valence-electron chi connectivity index (χ2n) is 5.51. The summed E-state index contributed by atoms with van der Waals surface area (Å²) in [5.74, 6) is 0. The average Bonchev–Trinajstić information content (AvgIpc) is 3.09. The molecule has 0 N–H and O–H groups in total. The van der Waals surface area contributed by atoms with Crippen LogP contribution in [0, 0.1) is 0 Å². The number of nitrogens with zero attached hydrogens (tertiary/aromatic N) is 4. The summed E-state index contributed by atoms with van der Waals surface area (Å²) in [6, 6.07) is 3.82. The molecular weight excluding hydrogens is 345 g/mol. The maximum absolute atomic E-state index is 12.8. The Balaban J connectivity index is 1.77. The van der Waals surface area contributed by atoms with Crippen molar-refractivity contribution in [2.24, 2.45) is 0 Å². The Morgan fingerprint density at radius 2 is 1.71 bits per heavy atom. The van der Waals surface area contributed by atoms with Crippen LogP contribution >= 0.6 is 0 Å². The van der Waals surface area contributed by atoms with E-state index in [-0.39, 0.29) is 24.0 Å². The first kappa shape index (κ1) is 16.9. The molecule has 1 aromatic heterocycles. The van der Waals surface area contributed by atoms with E-state index in [1.165, 1.54) is 15.2 Å². The molecule has 1 aliphatic rings. The predicted molar refractivity (Wildman–Crippen MR) is 78.5 cm³/mol. The van der Waals surface area contributed by atoms with E-state index in [1.54, 1.807) is 12.4 Å². The third-order valence-electron chi connectivity index (χ3n) is 3.99. The molecule has 10 heteroatoms. The van der Waals surface area contributed by atoms with Crippen LogP contribution in [0.1, 0.15) is 24.4 Å². The highest BCUT2D eigenvalue weighted by molar-refractivity contribution is 7.89. The summed E-state index contributed by atoms with van der Waals surface area (Å²) in [6.45, 7) is 0.426. The molecule has 2 heterocycles. The number of benzene rings is 1. The molecule has 2 aromatic rings. The molecule has 0 aliphatic carbocycles. The molecule has 1 aliphatic heterocycles. The monoisotopic (exact) mass is 360 g/mol. The zero-order valence-electron chi connectivity index (χ0n) is 12.5. The van der Waals surface area contributed by atoms with Gasteiger partial charge in [0.15, 0.2) is 0 Å². The minimum Gasteiger partial charge on any atom is -0.207 e. The van der Waals surface area contributed by atoms with E-state index in [9.17, 15) is 21.6 Å². The molecule has 130 valence electrons. The molecule has 0 unspecified atom stereocenters. The van der Waals surface area contributed by atoms with Gasteiger partial charge < -0.3 is 0 Å². The molecule has 0 amide bonds. The quantitative estimate of drug-likeness (QED) is 0.842. The van der Waals surface area contributed by atoms with Crippen molar-refractivity contribution in [3.05, 3.63) is 42.2 Å². The predicted octanol–water partition coefficient (Wildman–Crippen LogP) is 2.32. The Morgan fingerprint density at radius 3 is 2.29 bits per heavy atom. The first-order valence-electron chi connectivity index (χ1n) is 7.32. The lowest BCUT2D eigenvalue weighted by Gasteiger charge is -2.30. The molecule has 0 bridgehead atoms. The maximum atomic E-state index is 12.8. The van der Waals surface area contributed by atoms with E-state index in [0.29, 0.717) is 18.9 Å². The molecule has 0 spiro atoms. The van der Waals surface area contributed by atoms with Crippen molar-refractivity contribution in [3.63, 3.8) is 0 Å². The minimum atomic E-state index is -4.58. The molecule has 1 fully saturated rings. The highest BCUT2D eigenvalue weighted by atomic mass is 32.2. The molecule has 0 radical (unpaired) electrons. The summed E-state index contributed by atoms with van der Waals surface area (Å²) in [5, 5.41) is 8.07. The smallest absolute Gasteiger partial charge is 0.207 e. The van der Waals surface area contributed by atoms with Crippen LogP contribution in [0.4, 0.5) is 13.2 Å². The van der Waals surface area contributed by atoms with Gasteiger partial charge in [-0.2, -0.15) is 32.5 Å². The second kappa shape index (κ2) is 6.17. The van der Waals surface area contributed by atoms with E-state index < -0.39 is 21.8 Å². The van der Waals surface area contributed by atoms with E-state index in [1.807, 2.05) is 0 Å². The van der Waals surface area contributed by atoms with Gasteiger partial charge in [0.1, 0.15) is 0 Å². The Kier molecular flexibility index (Phi) is 4.35. The summed E-state index contributed by atoms with van der Waals surface area (Å²) in [6.07, 6.45) is -0.471. The fraction of sp³-hybridized carbons (Fsp3) is 0.429. The molecule has 0 saturated carbocycles. The largest absolute Gasteiger partial charge is 0.416 e. The van der Waals surface area contributed by atoms with Crippen molar-refractivity contribution in [2.75, 3.05) is 13.1 Å². The third kappa shape index (κ3) is 3.29. The summed E-state index contributed by atoms with van der Waals surface area (Å²) in [5.41, 5.74) is -0.973. The minimum absolute atomic E-state index is 0.00652. The van der Waals surface area contributed by atoms with Crippen molar-refractivity contribution in [1.29, 1.82) is 0 Å². The van der Waals surface area contributed by atoms with Gasteiger partial charge >= 0.3 is 6.18 Å². The number of alkyl halides is 3. The van der Waals surface area contributed by atoms with E-state index in [2.05, 4.69) is 10.2 Å². The van der Waals surface area contributed by atoms with Crippen LogP contribution in [-0.2, 0) is 16.2 Å². The number of piperidine rings is 1. The van der Waals surface area contributed by atoms with Gasteiger partial charge in [-0.15, -0.1) is 0 Å². The SMILES string of the molecule is O=S(=O)(c1cccc(C(F)(F)F)c1)N1CCC(n2nccn2)CC1. The zero-order valence-corrected chi connectivity index (χ0v) is 13.3. The van der Waals surface area contributed by atoms with Crippen molar-refractivity contribution < 1.29 is 21.6 Å². The number of hydrogen-bond donors (Lipinski definition) is 0. The van der Waals surface area contributed by atoms with E-state index in [0.717, 1.165) is 12.1 Å². The lowest BCUT2D eigenvalue weighted by molar-refractivity contribution is -0.137. The summed E-state index contributed by atoms with van der Waals surface area (Å²) in [7, 11) is -3.95. The van der Waals surface area contributed by atoms with Crippen LogP contribution in [0.2, 0.25) is 0 Å². The number of sulfonamides is 1. The van der Waals surface area contributed by atoms with Crippen LogP contribution in [0.5, 0.6) is 0 Å². The molecule has 1 saturated heterocycles. The fourth-order valence-electron chi connectivity index (χ4n) is 2.71. The topological polar surface area (TPSA) is 68.1 Å². The summed E-state index contributed by atoms with van der Waals surface area (Å²) < 4.78 is 64.7. The molecule has 1 aromatic carbocycles. The first-order chi connectivity index (χ1) is 11.3. The van der Waals surface area contributed by atoms with Gasteiger partial charge in [0.25, 0.3) is 0 Å². The Labute approximate surface area is 136 Å². The standard InChI is InChI=1S/C14H15F3N4O2S/c15-14(16,17)11-2-1-3-13(10-11)24(22,23)20-8-4-12(5-9-20)21-18-6-7-19-21/h1-3,6-7,10,12H,4-5,8-9H2. The fourth-order valence-corrected chi connectivity index (χ4v) is 4.23. The van der Waals surface area contributed by atoms with Crippen LogP contribution in [0.3, 0.4) is 0 Å². The number of aromatic nitrogens is 3. The Hall–Kier alpha value is -1.94. The van der Waals surface area contributed by atoms with Crippen LogP contribution in [0.15, 0.2) is 41.6 Å². The number of halogens is 3. The van der Waals surface area contributed by atoms with Gasteiger partial charge in [-0.1, -0.05) is 6.07 Å². The summed E-state index contributed by atoms with van der Waals surface area (Å²) >= 11 is 0. The van der Waals surface area contributed by atoms with Crippen molar-refractivity contribution >= 4 is 10.0 Å². The van der Waals surface area contributed by atoms with Gasteiger partial charge in [0, 0.05) is 13.1 Å². The van der Waals surface area contributed by atoms with Crippen LogP contribution in [0.25, 0.3) is 0 Å². The molecule has 24 heavy (non-hydrogen) atoms.